The molecule has 8 unspecified atom stereocenters. The summed E-state index contributed by atoms with van der Waals surface area (Å²) in [5.41, 5.74) is 2.33. The summed E-state index contributed by atoms with van der Waals surface area (Å²) in [6.07, 6.45) is 15.2. The van der Waals surface area contributed by atoms with Crippen molar-refractivity contribution in [2.24, 2.45) is 51.2 Å². The second-order valence-corrected chi connectivity index (χ2v) is 14.7. The molecule has 34 heavy (non-hydrogen) atoms. The van der Waals surface area contributed by atoms with Gasteiger partial charge < -0.3 is 14.8 Å². The van der Waals surface area contributed by atoms with Gasteiger partial charge in [-0.1, -0.05) is 41.0 Å². The second-order valence-electron chi connectivity index (χ2n) is 14.7. The second kappa shape index (κ2) is 7.62. The van der Waals surface area contributed by atoms with E-state index in [0.29, 0.717) is 33.7 Å². The van der Waals surface area contributed by atoms with Crippen LogP contribution < -0.4 is 5.32 Å². The molecule has 6 fully saturated rings. The summed E-state index contributed by atoms with van der Waals surface area (Å²) in [5.74, 6) is 3.67. The maximum Gasteiger partial charge on any atom is 0.407 e. The van der Waals surface area contributed by atoms with Crippen molar-refractivity contribution in [3.63, 3.8) is 0 Å². The van der Waals surface area contributed by atoms with E-state index in [0.717, 1.165) is 24.2 Å². The van der Waals surface area contributed by atoms with Gasteiger partial charge in [-0.15, -0.1) is 0 Å². The van der Waals surface area contributed by atoms with Gasteiger partial charge in [0.2, 0.25) is 0 Å². The van der Waals surface area contributed by atoms with Crippen LogP contribution >= 0.6 is 0 Å². The lowest BCUT2D eigenvalue weighted by Gasteiger charge is -2.58. The molecule has 4 heteroatoms. The minimum Gasteiger partial charge on any atom is -0.443 e. The first-order valence-corrected chi connectivity index (χ1v) is 14.6. The molecule has 10 atom stereocenters. The fourth-order valence-electron chi connectivity index (χ4n) is 11.4. The van der Waals surface area contributed by atoms with E-state index in [1.165, 1.54) is 57.8 Å². The number of carbonyl (C=O) groups excluding carboxylic acids is 1. The van der Waals surface area contributed by atoms with Gasteiger partial charge >= 0.3 is 6.09 Å². The number of hydrogen-bond acceptors (Lipinski definition) is 3. The maximum absolute atomic E-state index is 12.0. The van der Waals surface area contributed by atoms with E-state index >= 15 is 0 Å². The van der Waals surface area contributed by atoms with Crippen LogP contribution in [0.1, 0.15) is 107 Å². The molecule has 1 saturated heterocycles. The van der Waals surface area contributed by atoms with Crippen molar-refractivity contribution in [1.29, 1.82) is 0 Å². The van der Waals surface area contributed by atoms with Crippen molar-refractivity contribution >= 4 is 6.09 Å². The Morgan fingerprint density at radius 2 is 1.74 bits per heavy atom. The van der Waals surface area contributed by atoms with E-state index in [4.69, 9.17) is 9.47 Å². The van der Waals surface area contributed by atoms with Crippen LogP contribution in [-0.2, 0) is 9.47 Å². The number of rotatable bonds is 3. The van der Waals surface area contributed by atoms with Crippen LogP contribution in [0.2, 0.25) is 0 Å². The highest BCUT2D eigenvalue weighted by Crippen LogP contribution is 2.87. The van der Waals surface area contributed by atoms with Crippen LogP contribution in [0.25, 0.3) is 0 Å². The van der Waals surface area contributed by atoms with Crippen molar-refractivity contribution in [1.82, 2.24) is 5.32 Å². The molecule has 6 rings (SSSR count). The largest absolute Gasteiger partial charge is 0.443 e. The topological polar surface area (TPSA) is 47.6 Å². The molecule has 6 aliphatic rings. The van der Waals surface area contributed by atoms with Gasteiger partial charge in [0.05, 0.1) is 12.2 Å². The number of amides is 1. The van der Waals surface area contributed by atoms with Crippen LogP contribution in [0.15, 0.2) is 0 Å². The molecule has 0 radical (unpaired) electrons. The quantitative estimate of drug-likeness (QED) is 0.471. The highest BCUT2D eigenvalue weighted by atomic mass is 16.6. The Labute approximate surface area is 209 Å². The standard InChI is InChI=1S/C30H49NO3.H2/c1-18(2)25(34-26(32)31-6)22-10-8-20-23(33-22)16-21-19-9-11-24-27(3,4)12-7-13-30(24)17-29(19,30)15-14-28(20,21)5;/h18-25H,7-17H2,1-6H3,(H,31,32);1H/t19?,20?,21?,22?,23?,24?,25-,28?,29+,30?;/m1./s1. The van der Waals surface area contributed by atoms with Crippen molar-refractivity contribution in [3.8, 4) is 0 Å². The van der Waals surface area contributed by atoms with E-state index in [2.05, 4.69) is 39.9 Å². The van der Waals surface area contributed by atoms with Crippen molar-refractivity contribution in [2.75, 3.05) is 7.05 Å². The lowest BCUT2D eigenvalue weighted by molar-refractivity contribution is -0.145. The van der Waals surface area contributed by atoms with Crippen LogP contribution in [0.5, 0.6) is 0 Å². The maximum atomic E-state index is 12.0. The van der Waals surface area contributed by atoms with Gasteiger partial charge in [-0.25, -0.2) is 4.79 Å². The van der Waals surface area contributed by atoms with Crippen LogP contribution in [0.3, 0.4) is 0 Å². The Kier molecular flexibility index (Phi) is 5.29. The highest BCUT2D eigenvalue weighted by Gasteiger charge is 2.79. The average molecular weight is 474 g/mol. The average Bonchev–Trinajstić information content (AvgIpc) is 3.36. The molecule has 1 amide bonds. The Balaban J connectivity index is 0.00000253. The molecule has 5 aliphatic carbocycles. The van der Waals surface area contributed by atoms with E-state index < -0.39 is 0 Å². The SMILES string of the molecule is CNC(=O)O[C@H](C(C)C)C1CCC2C(CC3C4CCC5C(C)(C)CCCC56C[C@@]46CCC23C)O1.[HH]. The van der Waals surface area contributed by atoms with Gasteiger partial charge in [0.25, 0.3) is 0 Å². The Hall–Kier alpha value is -0.770. The summed E-state index contributed by atoms with van der Waals surface area (Å²) in [7, 11) is 1.64. The van der Waals surface area contributed by atoms with E-state index in [-0.39, 0.29) is 25.6 Å². The predicted molar refractivity (Wildman–Crippen MR) is 136 cm³/mol. The van der Waals surface area contributed by atoms with Crippen molar-refractivity contribution in [3.05, 3.63) is 0 Å². The molecule has 0 aromatic heterocycles. The molecular formula is C30H51NO3. The van der Waals surface area contributed by atoms with Gasteiger partial charge in [-0.2, -0.15) is 0 Å². The Morgan fingerprint density at radius 1 is 0.971 bits per heavy atom. The molecule has 0 aromatic rings. The molecule has 5 saturated carbocycles. The number of ether oxygens (including phenoxy) is 2. The smallest absolute Gasteiger partial charge is 0.407 e. The summed E-state index contributed by atoms with van der Waals surface area (Å²) < 4.78 is 12.7. The molecule has 4 nitrogen and oxygen atoms in total. The number of nitrogens with one attached hydrogen (secondary N) is 1. The number of hydrogen-bond donors (Lipinski definition) is 1. The number of carbonyl (C=O) groups is 1. The third-order valence-corrected chi connectivity index (χ3v) is 12.8. The molecule has 1 aliphatic heterocycles. The van der Waals surface area contributed by atoms with Gasteiger partial charge in [-0.3, -0.25) is 0 Å². The zero-order valence-corrected chi connectivity index (χ0v) is 22.6. The zero-order valence-electron chi connectivity index (χ0n) is 22.6. The van der Waals surface area contributed by atoms with Gasteiger partial charge in [0.1, 0.15) is 6.10 Å². The molecule has 0 aromatic carbocycles. The first-order valence-electron chi connectivity index (χ1n) is 14.6. The van der Waals surface area contributed by atoms with Gasteiger partial charge in [-0.05, 0) is 115 Å². The molecule has 2 spiro atoms. The summed E-state index contributed by atoms with van der Waals surface area (Å²) in [5, 5.41) is 2.63. The fraction of sp³-hybridized carbons (Fsp3) is 0.967. The monoisotopic (exact) mass is 473 g/mol. The molecule has 0 bridgehead atoms. The Bertz CT molecular complexity index is 845. The normalized spacial score (nSPS) is 51.3. The number of alkyl carbamates (subject to hydrolysis) is 1. The van der Waals surface area contributed by atoms with Crippen LogP contribution in [0.4, 0.5) is 4.79 Å². The summed E-state index contributed by atoms with van der Waals surface area (Å²) in [6.45, 7) is 12.1. The summed E-state index contributed by atoms with van der Waals surface area (Å²) in [6, 6.07) is 0. The third kappa shape index (κ3) is 3.02. The van der Waals surface area contributed by atoms with E-state index in [9.17, 15) is 4.79 Å². The van der Waals surface area contributed by atoms with Crippen molar-refractivity contribution < 1.29 is 15.7 Å². The van der Waals surface area contributed by atoms with Gasteiger partial charge in [0.15, 0.2) is 0 Å². The lowest BCUT2D eigenvalue weighted by atomic mass is 9.46. The van der Waals surface area contributed by atoms with Crippen LogP contribution in [-0.4, -0.2) is 31.5 Å². The first kappa shape index (κ1) is 23.6. The summed E-state index contributed by atoms with van der Waals surface area (Å²) >= 11 is 0. The van der Waals surface area contributed by atoms with Crippen molar-refractivity contribution in [2.45, 2.75) is 124 Å². The van der Waals surface area contributed by atoms with Gasteiger partial charge in [0, 0.05) is 8.47 Å². The molecule has 194 valence electrons. The lowest BCUT2D eigenvalue weighted by Crippen LogP contribution is -2.51. The first-order chi connectivity index (χ1) is 16.1. The fourth-order valence-corrected chi connectivity index (χ4v) is 11.4. The number of fused-ring (bicyclic) bond motifs is 4. The predicted octanol–water partition coefficient (Wildman–Crippen LogP) is 7.21. The van der Waals surface area contributed by atoms with E-state index in [1.807, 2.05) is 0 Å². The molecular weight excluding hydrogens is 422 g/mol. The highest BCUT2D eigenvalue weighted by molar-refractivity contribution is 5.66. The third-order valence-electron chi connectivity index (χ3n) is 12.8. The minimum absolute atomic E-state index is 0. The zero-order chi connectivity index (χ0) is 24.1. The Morgan fingerprint density at radius 3 is 2.47 bits per heavy atom. The van der Waals surface area contributed by atoms with Crippen LogP contribution in [0, 0.1) is 51.2 Å². The van der Waals surface area contributed by atoms with E-state index in [1.54, 1.807) is 13.5 Å². The minimum atomic E-state index is -0.329. The molecule has 1 N–H and O–H groups in total. The summed E-state index contributed by atoms with van der Waals surface area (Å²) in [4.78, 5) is 12.0. The molecule has 1 heterocycles.